The molecule has 4 aromatic rings. The Morgan fingerprint density at radius 1 is 0.885 bits per heavy atom. The van der Waals surface area contributed by atoms with Crippen molar-refractivity contribution in [3.8, 4) is 11.5 Å². The molecule has 3 N–H and O–H groups in total. The normalized spacial score (nSPS) is 15.4. The SMILES string of the molecule is Cc1cc(OCCOCCOCCOc2ccc3c(c2)C(=O)N(C2CCC(=O)NC2=O)C3=O)ccc1Nc1ncc(C(F)(F)F)c(NCc2cccc(N(C)S(C)(=O)=O)c2)n1. The summed E-state index contributed by atoms with van der Waals surface area (Å²) < 4.78 is 89.1. The average molecular weight is 870 g/mol. The number of anilines is 4. The van der Waals surface area contributed by atoms with Gasteiger partial charge in [-0.2, -0.15) is 18.2 Å². The molecule has 1 saturated heterocycles. The molecule has 1 aromatic heterocycles. The van der Waals surface area contributed by atoms with E-state index in [2.05, 4.69) is 25.9 Å². The molecule has 1 fully saturated rings. The molecule has 324 valence electrons. The van der Waals surface area contributed by atoms with E-state index < -0.39 is 57.3 Å². The second kappa shape index (κ2) is 18.9. The molecule has 2 aliphatic rings. The van der Waals surface area contributed by atoms with Crippen LogP contribution in [0.1, 0.15) is 50.2 Å². The van der Waals surface area contributed by atoms with Gasteiger partial charge in [0.15, 0.2) is 0 Å². The number of fused-ring (bicyclic) bond motifs is 1. The molecule has 2 aliphatic heterocycles. The Morgan fingerprint density at radius 2 is 1.54 bits per heavy atom. The lowest BCUT2D eigenvalue weighted by atomic mass is 10.0. The number of halogens is 3. The van der Waals surface area contributed by atoms with Crippen molar-refractivity contribution in [2.24, 2.45) is 0 Å². The summed E-state index contributed by atoms with van der Waals surface area (Å²) in [7, 11) is -2.16. The second-order valence-corrected chi connectivity index (χ2v) is 15.9. The van der Waals surface area contributed by atoms with E-state index in [1.807, 2.05) is 0 Å². The lowest BCUT2D eigenvalue weighted by Gasteiger charge is -2.27. The van der Waals surface area contributed by atoms with Crippen LogP contribution in [0.2, 0.25) is 0 Å². The second-order valence-electron chi connectivity index (χ2n) is 13.9. The summed E-state index contributed by atoms with van der Waals surface area (Å²) in [4.78, 5) is 58.5. The number of aryl methyl sites for hydroxylation is 1. The summed E-state index contributed by atoms with van der Waals surface area (Å²) >= 11 is 0. The summed E-state index contributed by atoms with van der Waals surface area (Å²) in [6.07, 6.45) is -2.92. The number of benzene rings is 3. The van der Waals surface area contributed by atoms with Crippen LogP contribution in [0.4, 0.5) is 36.3 Å². The molecule has 0 spiro atoms. The van der Waals surface area contributed by atoms with Crippen LogP contribution < -0.4 is 29.7 Å². The van der Waals surface area contributed by atoms with E-state index in [4.69, 9.17) is 18.9 Å². The minimum Gasteiger partial charge on any atom is -0.491 e. The fraction of sp³-hybridized carbons (Fsp3) is 0.350. The van der Waals surface area contributed by atoms with E-state index in [0.29, 0.717) is 40.2 Å². The molecular formula is C40H42F3N7O10S. The topological polar surface area (TPSA) is 208 Å². The standard InChI is InChI=1S/C40H42F3N7O10S/c1-24-19-27(8-10-32(24)46-39-45-23-31(40(41,42)43)35(48-39)44-22-25-5-4-6-26(20-25)49(2)61(3,55)56)59-17-15-57-13-14-58-16-18-60-28-7-9-29-30(21-28)38(54)50(37(29)53)33-11-12-34(51)47-36(33)52/h4-10,19-21,23,33H,11-18,22H2,1-3H3,(H,47,51,52)(H2,44,45,46,48). The number of carbonyl (C=O) groups is 4. The molecule has 0 aliphatic carbocycles. The van der Waals surface area contributed by atoms with Crippen molar-refractivity contribution in [2.45, 2.75) is 38.5 Å². The maximum atomic E-state index is 13.9. The highest BCUT2D eigenvalue weighted by Gasteiger charge is 2.44. The Kier molecular flexibility index (Phi) is 13.7. The minimum atomic E-state index is -4.74. The number of nitrogens with one attached hydrogen (secondary N) is 3. The quantitative estimate of drug-likeness (QED) is 0.0880. The molecule has 3 heterocycles. The zero-order valence-electron chi connectivity index (χ0n) is 33.2. The van der Waals surface area contributed by atoms with E-state index in [1.165, 1.54) is 19.2 Å². The van der Waals surface area contributed by atoms with Gasteiger partial charge in [-0.25, -0.2) is 13.4 Å². The lowest BCUT2D eigenvalue weighted by molar-refractivity contribution is -0.138. The fourth-order valence-electron chi connectivity index (χ4n) is 6.31. The molecular weight excluding hydrogens is 828 g/mol. The number of alkyl halides is 3. The highest BCUT2D eigenvalue weighted by atomic mass is 32.2. The molecule has 21 heteroatoms. The van der Waals surface area contributed by atoms with Gasteiger partial charge in [-0.1, -0.05) is 12.1 Å². The molecule has 1 unspecified atom stereocenters. The molecule has 0 saturated carbocycles. The van der Waals surface area contributed by atoms with E-state index in [9.17, 15) is 40.8 Å². The van der Waals surface area contributed by atoms with Gasteiger partial charge in [0.05, 0.1) is 49.5 Å². The summed E-state index contributed by atoms with van der Waals surface area (Å²) in [6.45, 7) is 3.07. The summed E-state index contributed by atoms with van der Waals surface area (Å²) in [5.74, 6) is -2.04. The first kappa shape index (κ1) is 44.2. The number of nitrogens with zero attached hydrogens (tertiary/aromatic N) is 4. The highest BCUT2D eigenvalue weighted by molar-refractivity contribution is 7.92. The molecule has 17 nitrogen and oxygen atoms in total. The van der Waals surface area contributed by atoms with Gasteiger partial charge >= 0.3 is 6.18 Å². The fourth-order valence-corrected chi connectivity index (χ4v) is 6.81. The Bertz CT molecular complexity index is 2420. The summed E-state index contributed by atoms with van der Waals surface area (Å²) in [5.41, 5.74) is 1.31. The lowest BCUT2D eigenvalue weighted by Crippen LogP contribution is -2.54. The van der Waals surface area contributed by atoms with Crippen LogP contribution in [0.15, 0.2) is 66.9 Å². The number of aromatic nitrogens is 2. The average Bonchev–Trinajstić information content (AvgIpc) is 3.45. The first-order valence-electron chi connectivity index (χ1n) is 18.8. The molecule has 6 rings (SSSR count). The first-order valence-corrected chi connectivity index (χ1v) is 20.7. The summed E-state index contributed by atoms with van der Waals surface area (Å²) in [6, 6.07) is 14.8. The molecule has 0 bridgehead atoms. The molecule has 3 aromatic carbocycles. The van der Waals surface area contributed by atoms with E-state index in [-0.39, 0.29) is 76.1 Å². The number of piperidine rings is 1. The van der Waals surface area contributed by atoms with Gasteiger partial charge in [0.2, 0.25) is 27.8 Å². The Hall–Kier alpha value is -6.32. The van der Waals surface area contributed by atoms with Crippen LogP contribution in [0.5, 0.6) is 11.5 Å². The van der Waals surface area contributed by atoms with Gasteiger partial charge in [0, 0.05) is 31.9 Å². The van der Waals surface area contributed by atoms with Crippen molar-refractivity contribution in [2.75, 3.05) is 67.9 Å². The van der Waals surface area contributed by atoms with Gasteiger partial charge < -0.3 is 29.6 Å². The highest BCUT2D eigenvalue weighted by Crippen LogP contribution is 2.35. The molecule has 61 heavy (non-hydrogen) atoms. The number of carbonyl (C=O) groups excluding carboxylic acids is 4. The molecule has 1 atom stereocenters. The zero-order valence-corrected chi connectivity index (χ0v) is 34.0. The third kappa shape index (κ3) is 11.1. The number of rotatable bonds is 19. The third-order valence-electron chi connectivity index (χ3n) is 9.55. The molecule has 0 radical (unpaired) electrons. The monoisotopic (exact) mass is 869 g/mol. The number of imide groups is 2. The van der Waals surface area contributed by atoms with Crippen molar-refractivity contribution in [3.05, 3.63) is 94.7 Å². The van der Waals surface area contributed by atoms with Gasteiger partial charge in [-0.05, 0) is 73.0 Å². The van der Waals surface area contributed by atoms with E-state index in [0.717, 1.165) is 15.5 Å². The smallest absolute Gasteiger partial charge is 0.421 e. The predicted octanol–water partition coefficient (Wildman–Crippen LogP) is 4.45. The van der Waals surface area contributed by atoms with Crippen LogP contribution in [0.25, 0.3) is 0 Å². The van der Waals surface area contributed by atoms with Crippen molar-refractivity contribution in [1.82, 2.24) is 20.2 Å². The predicted molar refractivity (Wildman–Crippen MR) is 214 cm³/mol. The Balaban J connectivity index is 0.901. The number of amides is 4. The van der Waals surface area contributed by atoms with Crippen molar-refractivity contribution in [1.29, 1.82) is 0 Å². The maximum absolute atomic E-state index is 13.9. The van der Waals surface area contributed by atoms with Crippen molar-refractivity contribution in [3.63, 3.8) is 0 Å². The number of ether oxygens (including phenoxy) is 4. The minimum absolute atomic E-state index is 0.0292. The van der Waals surface area contributed by atoms with Gasteiger partial charge in [0.25, 0.3) is 11.8 Å². The Morgan fingerprint density at radius 3 is 2.20 bits per heavy atom. The van der Waals surface area contributed by atoms with E-state index in [1.54, 1.807) is 55.5 Å². The van der Waals surface area contributed by atoms with E-state index >= 15 is 0 Å². The summed E-state index contributed by atoms with van der Waals surface area (Å²) in [5, 5.41) is 7.82. The van der Waals surface area contributed by atoms with Gasteiger partial charge in [-0.15, -0.1) is 0 Å². The van der Waals surface area contributed by atoms with Crippen molar-refractivity contribution < 1.29 is 59.7 Å². The number of sulfonamides is 1. The van der Waals surface area contributed by atoms with Crippen molar-refractivity contribution >= 4 is 56.8 Å². The largest absolute Gasteiger partial charge is 0.491 e. The zero-order chi connectivity index (χ0) is 43.9. The van der Waals surface area contributed by atoms with Crippen LogP contribution in [-0.2, 0) is 41.8 Å². The first-order chi connectivity index (χ1) is 29.0. The molecule has 4 amide bonds. The maximum Gasteiger partial charge on any atom is 0.421 e. The van der Waals surface area contributed by atoms with Crippen LogP contribution in [0, 0.1) is 6.92 Å². The van der Waals surface area contributed by atoms with Gasteiger partial charge in [-0.3, -0.25) is 33.7 Å². The third-order valence-corrected chi connectivity index (χ3v) is 10.8. The van der Waals surface area contributed by atoms with Crippen LogP contribution >= 0.6 is 0 Å². The van der Waals surface area contributed by atoms with Crippen LogP contribution in [-0.4, -0.2) is 106 Å². The number of hydrogen-bond donors (Lipinski definition) is 3. The Labute approximate surface area is 348 Å². The van der Waals surface area contributed by atoms with Gasteiger partial charge in [0.1, 0.15) is 42.1 Å². The number of hydrogen-bond acceptors (Lipinski definition) is 14. The van der Waals surface area contributed by atoms with Crippen LogP contribution in [0.3, 0.4) is 0 Å².